The Morgan fingerprint density at radius 3 is 2.24 bits per heavy atom. The third-order valence-corrected chi connectivity index (χ3v) is 8.45. The molecule has 1 amide bonds. The van der Waals surface area contributed by atoms with E-state index in [1.807, 2.05) is 37.4 Å². The molecule has 0 bridgehead atoms. The van der Waals surface area contributed by atoms with Crippen LogP contribution < -0.4 is 19.1 Å². The lowest BCUT2D eigenvalue weighted by atomic mass is 9.97. The van der Waals surface area contributed by atoms with Gasteiger partial charge in [0.1, 0.15) is 18.0 Å². The van der Waals surface area contributed by atoms with E-state index in [9.17, 15) is 13.2 Å². The van der Waals surface area contributed by atoms with E-state index in [0.29, 0.717) is 30.4 Å². The predicted molar refractivity (Wildman–Crippen MR) is 154 cm³/mol. The van der Waals surface area contributed by atoms with E-state index >= 15 is 0 Å². The smallest absolute Gasteiger partial charge is 0.264 e. The van der Waals surface area contributed by atoms with E-state index in [4.69, 9.17) is 9.47 Å². The zero-order valence-corrected chi connectivity index (χ0v) is 24.1. The quantitative estimate of drug-likeness (QED) is 0.263. The molecule has 0 spiro atoms. The molecule has 9 heteroatoms. The van der Waals surface area contributed by atoms with Gasteiger partial charge in [-0.25, -0.2) is 8.42 Å². The van der Waals surface area contributed by atoms with Gasteiger partial charge in [-0.05, 0) is 79.6 Å². The molecule has 0 fully saturated rings. The predicted octanol–water partition coefficient (Wildman–Crippen LogP) is 5.91. The van der Waals surface area contributed by atoms with E-state index in [2.05, 4.69) is 19.2 Å². The minimum atomic E-state index is -4.08. The van der Waals surface area contributed by atoms with Crippen LogP contribution in [-0.2, 0) is 14.8 Å². The number of nitrogens with one attached hydrogen (secondary N) is 1. The van der Waals surface area contributed by atoms with Crippen LogP contribution in [0.1, 0.15) is 38.8 Å². The second kappa shape index (κ2) is 13.6. The van der Waals surface area contributed by atoms with Crippen LogP contribution in [-0.4, -0.2) is 40.8 Å². The molecular formula is C29H36N2O5S2. The fraction of sp³-hybridized carbons (Fsp3) is 0.345. The topological polar surface area (TPSA) is 84.9 Å². The van der Waals surface area contributed by atoms with Crippen LogP contribution in [0.15, 0.2) is 82.6 Å². The number of amides is 1. The normalized spacial score (nSPS) is 12.2. The Morgan fingerprint density at radius 2 is 1.66 bits per heavy atom. The molecule has 3 rings (SSSR count). The van der Waals surface area contributed by atoms with Crippen molar-refractivity contribution in [1.82, 2.24) is 5.32 Å². The van der Waals surface area contributed by atoms with Crippen molar-refractivity contribution < 1.29 is 22.7 Å². The second-order valence-corrected chi connectivity index (χ2v) is 11.9. The molecule has 0 radical (unpaired) electrons. The van der Waals surface area contributed by atoms with Crippen LogP contribution in [0.2, 0.25) is 0 Å². The Labute approximate surface area is 230 Å². The lowest BCUT2D eigenvalue weighted by Crippen LogP contribution is -2.42. The van der Waals surface area contributed by atoms with Gasteiger partial charge >= 0.3 is 0 Å². The molecule has 0 saturated heterocycles. The van der Waals surface area contributed by atoms with Gasteiger partial charge in [0.05, 0.1) is 30.3 Å². The average molecular weight is 557 g/mol. The van der Waals surface area contributed by atoms with Gasteiger partial charge in [0.15, 0.2) is 0 Å². The number of thioether (sulfide) groups is 1. The summed E-state index contributed by atoms with van der Waals surface area (Å²) in [5, 5.41) is 3.07. The summed E-state index contributed by atoms with van der Waals surface area (Å²) in [7, 11) is -2.48. The molecule has 3 aromatic rings. The molecule has 0 heterocycles. The van der Waals surface area contributed by atoms with Crippen molar-refractivity contribution in [2.45, 2.75) is 43.0 Å². The summed E-state index contributed by atoms with van der Waals surface area (Å²) in [4.78, 5) is 14.5. The Kier molecular flexibility index (Phi) is 10.5. The molecule has 3 aromatic carbocycles. The van der Waals surface area contributed by atoms with Gasteiger partial charge in [-0.3, -0.25) is 9.10 Å². The molecule has 204 valence electrons. The van der Waals surface area contributed by atoms with Crippen LogP contribution in [0, 0.1) is 5.92 Å². The maximum Gasteiger partial charge on any atom is 0.264 e. The van der Waals surface area contributed by atoms with Gasteiger partial charge in [0.2, 0.25) is 5.91 Å². The highest BCUT2D eigenvalue weighted by molar-refractivity contribution is 7.98. The number of benzene rings is 3. The van der Waals surface area contributed by atoms with Crippen molar-refractivity contribution >= 4 is 33.4 Å². The summed E-state index contributed by atoms with van der Waals surface area (Å²) in [6.45, 7) is 5.94. The molecule has 0 aliphatic carbocycles. The Balaban J connectivity index is 1.97. The molecule has 0 unspecified atom stereocenters. The number of nitrogens with zero attached hydrogens (tertiary/aromatic N) is 1. The zero-order valence-electron chi connectivity index (χ0n) is 22.5. The number of rotatable bonds is 13. The molecular weight excluding hydrogens is 520 g/mol. The van der Waals surface area contributed by atoms with Gasteiger partial charge in [-0.2, -0.15) is 0 Å². The number of hydrogen-bond acceptors (Lipinski definition) is 6. The van der Waals surface area contributed by atoms with Crippen LogP contribution in [0.5, 0.6) is 11.5 Å². The first-order valence-electron chi connectivity index (χ1n) is 12.5. The summed E-state index contributed by atoms with van der Waals surface area (Å²) in [6.07, 6.45) is 2.62. The Morgan fingerprint density at radius 1 is 1.00 bits per heavy atom. The summed E-state index contributed by atoms with van der Waals surface area (Å²) < 4.78 is 39.9. The van der Waals surface area contributed by atoms with Crippen LogP contribution >= 0.6 is 11.8 Å². The molecule has 1 atom stereocenters. The summed E-state index contributed by atoms with van der Waals surface area (Å²) in [6, 6.07) is 20.7. The van der Waals surface area contributed by atoms with Gasteiger partial charge in [-0.1, -0.05) is 38.1 Å². The van der Waals surface area contributed by atoms with Gasteiger partial charge in [-0.15, -0.1) is 11.8 Å². The number of para-hydroxylation sites is 2. The summed E-state index contributed by atoms with van der Waals surface area (Å²) in [5.41, 5.74) is 1.23. The highest BCUT2D eigenvalue weighted by atomic mass is 32.2. The number of sulfonamides is 1. The first-order valence-corrected chi connectivity index (χ1v) is 15.2. The van der Waals surface area contributed by atoms with Gasteiger partial charge in [0, 0.05) is 4.90 Å². The van der Waals surface area contributed by atoms with Crippen LogP contribution in [0.4, 0.5) is 5.69 Å². The van der Waals surface area contributed by atoms with Gasteiger partial charge in [0.25, 0.3) is 10.0 Å². The number of carbonyl (C=O) groups is 1. The SMILES string of the molecule is CCOc1ccccc1N(CC(=O)N[C@H](CC(C)C)c1ccc(OC)cc1)S(=O)(=O)c1ccc(SC)cc1. The minimum Gasteiger partial charge on any atom is -0.497 e. The minimum absolute atomic E-state index is 0.100. The summed E-state index contributed by atoms with van der Waals surface area (Å²) >= 11 is 1.52. The lowest BCUT2D eigenvalue weighted by molar-refractivity contribution is -0.120. The standard InChI is InChI=1S/C29H36N2O5S2/c1-6-36-28-10-8-7-9-27(28)31(38(33,34)25-17-15-24(37-5)16-18-25)20-29(32)30-26(19-21(2)3)22-11-13-23(35-4)14-12-22/h7-18,21,26H,6,19-20H2,1-5H3,(H,30,32)/t26-/m1/s1. The average Bonchev–Trinajstić information content (AvgIpc) is 2.92. The highest BCUT2D eigenvalue weighted by Gasteiger charge is 2.30. The monoisotopic (exact) mass is 556 g/mol. The van der Waals surface area contributed by atoms with Crippen molar-refractivity contribution in [1.29, 1.82) is 0 Å². The second-order valence-electron chi connectivity index (χ2n) is 9.11. The van der Waals surface area contributed by atoms with E-state index in [1.165, 1.54) is 11.8 Å². The molecule has 7 nitrogen and oxygen atoms in total. The number of hydrogen-bond donors (Lipinski definition) is 1. The maximum atomic E-state index is 13.9. The molecule has 0 saturated carbocycles. The fourth-order valence-electron chi connectivity index (χ4n) is 4.07. The van der Waals surface area contributed by atoms with Gasteiger partial charge < -0.3 is 14.8 Å². The van der Waals surface area contributed by atoms with Crippen LogP contribution in [0.25, 0.3) is 0 Å². The number of methoxy groups -OCH3 is 1. The highest BCUT2D eigenvalue weighted by Crippen LogP contribution is 2.33. The van der Waals surface area contributed by atoms with Crippen molar-refractivity contribution in [3.05, 3.63) is 78.4 Å². The fourth-order valence-corrected chi connectivity index (χ4v) is 5.91. The maximum absolute atomic E-state index is 13.9. The molecule has 0 aromatic heterocycles. The Hall–Kier alpha value is -3.17. The summed E-state index contributed by atoms with van der Waals surface area (Å²) in [5.74, 6) is 1.000. The van der Waals surface area contributed by atoms with Crippen molar-refractivity contribution in [3.8, 4) is 11.5 Å². The largest absolute Gasteiger partial charge is 0.497 e. The number of carbonyl (C=O) groups excluding carboxylic acids is 1. The number of ether oxygens (including phenoxy) is 2. The van der Waals surface area contributed by atoms with Crippen molar-refractivity contribution in [2.75, 3.05) is 30.8 Å². The third-order valence-electron chi connectivity index (χ3n) is 5.93. The van der Waals surface area contributed by atoms with E-state index in [0.717, 1.165) is 20.5 Å². The Bertz CT molecular complexity index is 1290. The van der Waals surface area contributed by atoms with Crippen molar-refractivity contribution in [3.63, 3.8) is 0 Å². The molecule has 0 aliphatic rings. The molecule has 0 aliphatic heterocycles. The zero-order chi connectivity index (χ0) is 27.7. The van der Waals surface area contributed by atoms with E-state index < -0.39 is 22.5 Å². The molecule has 1 N–H and O–H groups in total. The first kappa shape index (κ1) is 29.4. The van der Waals surface area contributed by atoms with E-state index in [-0.39, 0.29) is 10.9 Å². The van der Waals surface area contributed by atoms with Crippen LogP contribution in [0.3, 0.4) is 0 Å². The third kappa shape index (κ3) is 7.45. The lowest BCUT2D eigenvalue weighted by Gasteiger charge is -2.28. The first-order chi connectivity index (χ1) is 18.2. The van der Waals surface area contributed by atoms with Crippen molar-refractivity contribution in [2.24, 2.45) is 5.92 Å². The number of anilines is 1. The van der Waals surface area contributed by atoms with E-state index in [1.54, 1.807) is 55.6 Å². The molecule has 38 heavy (non-hydrogen) atoms.